The van der Waals surface area contributed by atoms with Crippen molar-refractivity contribution in [2.75, 3.05) is 18.4 Å². The highest BCUT2D eigenvalue weighted by molar-refractivity contribution is 6.39. The molecule has 0 aromatic heterocycles. The maximum Gasteiger partial charge on any atom is 0.313 e. The highest BCUT2D eigenvalue weighted by atomic mass is 35.5. The molecular weight excluding hydrogens is 321 g/mol. The molecule has 5 nitrogen and oxygen atoms in total. The molecule has 2 bridgehead atoms. The zero-order chi connectivity index (χ0) is 16.4. The smallest absolute Gasteiger partial charge is 0.313 e. The SMILES string of the molecule is O=C(NCC1CNC2CCC1C2)C(=O)Nc1ccc(Cl)c(F)c1. The number of rotatable bonds is 3. The second kappa shape index (κ2) is 6.84. The summed E-state index contributed by atoms with van der Waals surface area (Å²) in [5.41, 5.74) is 0.199. The van der Waals surface area contributed by atoms with Crippen LogP contribution in [0.3, 0.4) is 0 Å². The topological polar surface area (TPSA) is 70.2 Å². The van der Waals surface area contributed by atoms with Gasteiger partial charge in [0.15, 0.2) is 0 Å². The molecule has 1 aliphatic carbocycles. The number of fused-ring (bicyclic) bond motifs is 2. The first-order chi connectivity index (χ1) is 11.0. The normalized spacial score (nSPS) is 25.9. The van der Waals surface area contributed by atoms with Gasteiger partial charge in [-0.1, -0.05) is 11.6 Å². The molecule has 23 heavy (non-hydrogen) atoms. The minimum absolute atomic E-state index is 0.0351. The summed E-state index contributed by atoms with van der Waals surface area (Å²) < 4.78 is 13.3. The van der Waals surface area contributed by atoms with Crippen LogP contribution in [0.4, 0.5) is 10.1 Å². The van der Waals surface area contributed by atoms with Crippen LogP contribution in [0.2, 0.25) is 5.02 Å². The van der Waals surface area contributed by atoms with Crippen molar-refractivity contribution in [2.45, 2.75) is 25.3 Å². The lowest BCUT2D eigenvalue weighted by Crippen LogP contribution is -2.45. The number of carbonyl (C=O) groups is 2. The zero-order valence-corrected chi connectivity index (χ0v) is 13.3. The zero-order valence-electron chi connectivity index (χ0n) is 12.6. The number of hydrogen-bond donors (Lipinski definition) is 3. The number of piperidine rings is 1. The maximum atomic E-state index is 13.3. The minimum atomic E-state index is -0.806. The molecule has 3 N–H and O–H groups in total. The fraction of sp³-hybridized carbons (Fsp3) is 0.500. The monoisotopic (exact) mass is 339 g/mol. The van der Waals surface area contributed by atoms with E-state index in [0.717, 1.165) is 19.0 Å². The average molecular weight is 340 g/mol. The Hall–Kier alpha value is -1.66. The molecule has 2 amide bonds. The second-order valence-electron chi connectivity index (χ2n) is 6.23. The van der Waals surface area contributed by atoms with Crippen LogP contribution in [0.15, 0.2) is 18.2 Å². The third-order valence-corrected chi connectivity index (χ3v) is 5.02. The fourth-order valence-electron chi connectivity index (χ4n) is 3.42. The predicted octanol–water partition coefficient (Wildman–Crippen LogP) is 1.92. The van der Waals surface area contributed by atoms with Crippen LogP contribution in [0.5, 0.6) is 0 Å². The average Bonchev–Trinajstić information content (AvgIpc) is 2.92. The van der Waals surface area contributed by atoms with Gasteiger partial charge in [-0.2, -0.15) is 0 Å². The van der Waals surface area contributed by atoms with E-state index in [4.69, 9.17) is 11.6 Å². The van der Waals surface area contributed by atoms with Gasteiger partial charge in [-0.05, 0) is 49.3 Å². The fourth-order valence-corrected chi connectivity index (χ4v) is 3.54. The van der Waals surface area contributed by atoms with Crippen LogP contribution >= 0.6 is 11.6 Å². The Morgan fingerprint density at radius 1 is 1.30 bits per heavy atom. The predicted molar refractivity (Wildman–Crippen MR) is 85.7 cm³/mol. The van der Waals surface area contributed by atoms with Crippen molar-refractivity contribution in [3.8, 4) is 0 Å². The number of carbonyl (C=O) groups excluding carboxylic acids is 2. The molecule has 124 valence electrons. The summed E-state index contributed by atoms with van der Waals surface area (Å²) in [5.74, 6) is -1.18. The number of nitrogens with one attached hydrogen (secondary N) is 3. The van der Waals surface area contributed by atoms with Gasteiger partial charge in [-0.15, -0.1) is 0 Å². The molecule has 0 spiro atoms. The van der Waals surface area contributed by atoms with E-state index in [1.54, 1.807) is 0 Å². The van der Waals surface area contributed by atoms with Gasteiger partial charge in [0.25, 0.3) is 0 Å². The Balaban J connectivity index is 1.49. The van der Waals surface area contributed by atoms with Crippen LogP contribution < -0.4 is 16.0 Å². The third kappa shape index (κ3) is 3.82. The van der Waals surface area contributed by atoms with E-state index in [1.165, 1.54) is 25.0 Å². The molecule has 1 aliphatic heterocycles. The lowest BCUT2D eigenvalue weighted by atomic mass is 9.88. The van der Waals surface area contributed by atoms with Crippen molar-refractivity contribution in [1.82, 2.24) is 10.6 Å². The summed E-state index contributed by atoms with van der Waals surface area (Å²) in [6.45, 7) is 1.35. The first kappa shape index (κ1) is 16.2. The minimum Gasteiger partial charge on any atom is -0.347 e. The number of benzene rings is 1. The van der Waals surface area contributed by atoms with Gasteiger partial charge < -0.3 is 16.0 Å². The molecule has 0 radical (unpaired) electrons. The van der Waals surface area contributed by atoms with Crippen LogP contribution in [0.25, 0.3) is 0 Å². The molecule has 3 atom stereocenters. The first-order valence-corrected chi connectivity index (χ1v) is 8.18. The second-order valence-corrected chi connectivity index (χ2v) is 6.64. The number of halogens is 2. The van der Waals surface area contributed by atoms with Crippen LogP contribution in [0.1, 0.15) is 19.3 Å². The summed E-state index contributed by atoms with van der Waals surface area (Å²) in [6.07, 6.45) is 3.52. The van der Waals surface area contributed by atoms with Crippen molar-refractivity contribution in [3.05, 3.63) is 29.0 Å². The van der Waals surface area contributed by atoms with E-state index >= 15 is 0 Å². The van der Waals surface area contributed by atoms with Crippen molar-refractivity contribution in [3.63, 3.8) is 0 Å². The molecule has 3 unspecified atom stereocenters. The molecule has 3 rings (SSSR count). The van der Waals surface area contributed by atoms with Crippen molar-refractivity contribution in [1.29, 1.82) is 0 Å². The Labute approximate surface area is 139 Å². The molecule has 1 saturated carbocycles. The van der Waals surface area contributed by atoms with Gasteiger partial charge in [0.2, 0.25) is 0 Å². The van der Waals surface area contributed by atoms with Crippen LogP contribution in [-0.4, -0.2) is 30.9 Å². The quantitative estimate of drug-likeness (QED) is 0.737. The van der Waals surface area contributed by atoms with Gasteiger partial charge in [0, 0.05) is 24.8 Å². The number of hydrogen-bond acceptors (Lipinski definition) is 3. The van der Waals surface area contributed by atoms with Gasteiger partial charge in [-0.3, -0.25) is 9.59 Å². The Bertz CT molecular complexity index is 625. The van der Waals surface area contributed by atoms with E-state index in [2.05, 4.69) is 16.0 Å². The van der Waals surface area contributed by atoms with Gasteiger partial charge in [0.1, 0.15) is 5.82 Å². The van der Waals surface area contributed by atoms with E-state index < -0.39 is 17.6 Å². The maximum absolute atomic E-state index is 13.3. The highest BCUT2D eigenvalue weighted by Crippen LogP contribution is 2.34. The van der Waals surface area contributed by atoms with E-state index in [9.17, 15) is 14.0 Å². The van der Waals surface area contributed by atoms with Crippen LogP contribution in [0, 0.1) is 17.7 Å². The molecule has 1 saturated heterocycles. The lowest BCUT2D eigenvalue weighted by molar-refractivity contribution is -0.136. The van der Waals surface area contributed by atoms with Crippen molar-refractivity contribution < 1.29 is 14.0 Å². The van der Waals surface area contributed by atoms with Gasteiger partial charge >= 0.3 is 11.8 Å². The van der Waals surface area contributed by atoms with Crippen molar-refractivity contribution in [2.24, 2.45) is 11.8 Å². The summed E-state index contributed by atoms with van der Waals surface area (Å²) in [4.78, 5) is 23.7. The van der Waals surface area contributed by atoms with E-state index in [1.807, 2.05) is 0 Å². The first-order valence-electron chi connectivity index (χ1n) is 7.80. The number of amides is 2. The Morgan fingerprint density at radius 2 is 2.13 bits per heavy atom. The summed E-state index contributed by atoms with van der Waals surface area (Å²) >= 11 is 5.57. The molecule has 7 heteroatoms. The summed E-state index contributed by atoms with van der Waals surface area (Å²) in [7, 11) is 0. The molecule has 1 aromatic carbocycles. The standard InChI is InChI=1S/C16H19ClFN3O2/c17-13-4-3-12(6-14(13)18)21-16(23)15(22)20-8-10-7-19-11-2-1-9(10)5-11/h3-4,6,9-11,19H,1-2,5,7-8H2,(H,20,22)(H,21,23). The molecule has 2 fully saturated rings. The lowest BCUT2D eigenvalue weighted by Gasteiger charge is -2.29. The van der Waals surface area contributed by atoms with Gasteiger partial charge in [-0.25, -0.2) is 4.39 Å². The molecular formula is C16H19ClFN3O2. The Kier molecular flexibility index (Phi) is 4.82. The highest BCUT2D eigenvalue weighted by Gasteiger charge is 2.35. The molecule has 1 heterocycles. The summed E-state index contributed by atoms with van der Waals surface area (Å²) in [6, 6.07) is 4.47. The summed E-state index contributed by atoms with van der Waals surface area (Å²) in [5, 5.41) is 8.46. The Morgan fingerprint density at radius 3 is 2.91 bits per heavy atom. The van der Waals surface area contributed by atoms with Crippen LogP contribution in [-0.2, 0) is 9.59 Å². The number of anilines is 1. The third-order valence-electron chi connectivity index (χ3n) is 4.72. The van der Waals surface area contributed by atoms with Crippen molar-refractivity contribution >= 4 is 29.1 Å². The molecule has 2 aliphatic rings. The van der Waals surface area contributed by atoms with E-state index in [0.29, 0.717) is 24.4 Å². The van der Waals surface area contributed by atoms with Gasteiger partial charge in [0.05, 0.1) is 5.02 Å². The largest absolute Gasteiger partial charge is 0.347 e. The van der Waals surface area contributed by atoms with E-state index in [-0.39, 0.29) is 10.7 Å². The molecule has 1 aromatic rings.